The number of rotatable bonds is 2. The quantitative estimate of drug-likeness (QED) is 0.847. The van der Waals surface area contributed by atoms with Gasteiger partial charge in [-0.05, 0) is 32.2 Å². The molecule has 5 heteroatoms. The van der Waals surface area contributed by atoms with Gasteiger partial charge in [-0.2, -0.15) is 0 Å². The number of benzene rings is 1. The van der Waals surface area contributed by atoms with Gasteiger partial charge in [0.05, 0.1) is 17.9 Å². The van der Waals surface area contributed by atoms with Crippen molar-refractivity contribution in [3.63, 3.8) is 0 Å². The summed E-state index contributed by atoms with van der Waals surface area (Å²) < 4.78 is 5.64. The van der Waals surface area contributed by atoms with E-state index in [1.165, 1.54) is 0 Å². The zero-order chi connectivity index (χ0) is 13.8. The first-order chi connectivity index (χ1) is 9.10. The van der Waals surface area contributed by atoms with E-state index in [1.54, 1.807) is 11.8 Å². The second-order valence-corrected chi connectivity index (χ2v) is 5.64. The minimum atomic E-state index is -0.0523. The van der Waals surface area contributed by atoms with Crippen LogP contribution in [-0.2, 0) is 4.74 Å². The van der Waals surface area contributed by atoms with Crippen LogP contribution in [-0.4, -0.2) is 42.5 Å². The molecule has 2 atom stereocenters. The van der Waals surface area contributed by atoms with Crippen LogP contribution in [0.15, 0.2) is 29.2 Å². The number of para-hydroxylation sites is 1. The van der Waals surface area contributed by atoms with E-state index in [0.29, 0.717) is 13.1 Å². The lowest BCUT2D eigenvalue weighted by Gasteiger charge is -2.35. The molecule has 0 spiro atoms. The predicted octanol–water partition coefficient (Wildman–Crippen LogP) is 3.05. The van der Waals surface area contributed by atoms with Gasteiger partial charge in [-0.3, -0.25) is 0 Å². The fourth-order valence-corrected chi connectivity index (χ4v) is 2.84. The summed E-state index contributed by atoms with van der Waals surface area (Å²) >= 11 is 1.63. The zero-order valence-corrected chi connectivity index (χ0v) is 12.4. The van der Waals surface area contributed by atoms with Crippen molar-refractivity contribution >= 4 is 23.5 Å². The third-order valence-corrected chi connectivity index (χ3v) is 3.85. The van der Waals surface area contributed by atoms with Gasteiger partial charge in [-0.15, -0.1) is 11.8 Å². The van der Waals surface area contributed by atoms with Gasteiger partial charge < -0.3 is 15.0 Å². The monoisotopic (exact) mass is 280 g/mol. The number of carbonyl (C=O) groups is 1. The highest BCUT2D eigenvalue weighted by Crippen LogP contribution is 2.25. The summed E-state index contributed by atoms with van der Waals surface area (Å²) in [5, 5.41) is 2.98. The van der Waals surface area contributed by atoms with Crippen LogP contribution in [0.3, 0.4) is 0 Å². The number of thioether (sulfide) groups is 1. The van der Waals surface area contributed by atoms with Gasteiger partial charge in [0.25, 0.3) is 0 Å². The molecular weight excluding hydrogens is 260 g/mol. The van der Waals surface area contributed by atoms with Crippen LogP contribution in [0.25, 0.3) is 0 Å². The number of urea groups is 1. The maximum Gasteiger partial charge on any atom is 0.322 e. The number of nitrogens with one attached hydrogen (secondary N) is 1. The second kappa shape index (κ2) is 6.30. The van der Waals surface area contributed by atoms with E-state index < -0.39 is 0 Å². The summed E-state index contributed by atoms with van der Waals surface area (Å²) in [6.45, 7) is 5.26. The summed E-state index contributed by atoms with van der Waals surface area (Å²) in [6, 6.07) is 7.78. The number of anilines is 1. The molecule has 0 radical (unpaired) electrons. The molecule has 0 bridgehead atoms. The number of morpholine rings is 1. The molecule has 2 unspecified atom stereocenters. The summed E-state index contributed by atoms with van der Waals surface area (Å²) in [6.07, 6.45) is 2.18. The highest BCUT2D eigenvalue weighted by molar-refractivity contribution is 7.98. The minimum Gasteiger partial charge on any atom is -0.372 e. The summed E-state index contributed by atoms with van der Waals surface area (Å²) in [5.74, 6) is 0. The SMILES string of the molecule is CSc1ccccc1NC(=O)N1CC(C)OC(C)C1. The lowest BCUT2D eigenvalue weighted by Crippen LogP contribution is -2.49. The van der Waals surface area contributed by atoms with Gasteiger partial charge in [0, 0.05) is 18.0 Å². The van der Waals surface area contributed by atoms with Crippen LogP contribution in [0, 0.1) is 0 Å². The Bertz CT molecular complexity index is 443. The van der Waals surface area contributed by atoms with Crippen molar-refractivity contribution < 1.29 is 9.53 Å². The third kappa shape index (κ3) is 3.64. The lowest BCUT2D eigenvalue weighted by molar-refractivity contribution is -0.0530. The van der Waals surface area contributed by atoms with E-state index in [9.17, 15) is 4.79 Å². The van der Waals surface area contributed by atoms with Crippen molar-refractivity contribution in [3.05, 3.63) is 24.3 Å². The smallest absolute Gasteiger partial charge is 0.322 e. The highest BCUT2D eigenvalue weighted by Gasteiger charge is 2.26. The van der Waals surface area contributed by atoms with E-state index in [0.717, 1.165) is 10.6 Å². The molecule has 4 nitrogen and oxygen atoms in total. The second-order valence-electron chi connectivity index (χ2n) is 4.79. The molecule has 1 aromatic carbocycles. The van der Waals surface area contributed by atoms with E-state index in [-0.39, 0.29) is 18.2 Å². The molecule has 1 aliphatic heterocycles. The molecule has 104 valence electrons. The van der Waals surface area contributed by atoms with Crippen LogP contribution in [0.2, 0.25) is 0 Å². The Morgan fingerprint density at radius 3 is 2.58 bits per heavy atom. The van der Waals surface area contributed by atoms with Crippen LogP contribution >= 0.6 is 11.8 Å². The highest BCUT2D eigenvalue weighted by atomic mass is 32.2. The zero-order valence-electron chi connectivity index (χ0n) is 11.6. The first kappa shape index (κ1) is 14.2. The van der Waals surface area contributed by atoms with Crippen molar-refractivity contribution in [2.45, 2.75) is 31.0 Å². The normalized spacial score (nSPS) is 23.2. The Hall–Kier alpha value is -1.20. The van der Waals surface area contributed by atoms with E-state index >= 15 is 0 Å². The molecule has 0 saturated carbocycles. The Labute approximate surface area is 118 Å². The lowest BCUT2D eigenvalue weighted by atomic mass is 10.2. The largest absolute Gasteiger partial charge is 0.372 e. The molecule has 1 saturated heterocycles. The molecule has 2 rings (SSSR count). The fraction of sp³-hybridized carbons (Fsp3) is 0.500. The summed E-state index contributed by atoms with van der Waals surface area (Å²) in [4.78, 5) is 15.2. The van der Waals surface area contributed by atoms with E-state index in [1.807, 2.05) is 49.3 Å². The Balaban J connectivity index is 2.04. The molecule has 1 aliphatic rings. The summed E-state index contributed by atoms with van der Waals surface area (Å²) in [7, 11) is 0. The summed E-state index contributed by atoms with van der Waals surface area (Å²) in [5.41, 5.74) is 0.867. The fourth-order valence-electron chi connectivity index (χ4n) is 2.29. The maximum atomic E-state index is 12.3. The number of ether oxygens (including phenoxy) is 1. The minimum absolute atomic E-state index is 0.0523. The van der Waals surface area contributed by atoms with Gasteiger partial charge in [0.1, 0.15) is 0 Å². The van der Waals surface area contributed by atoms with Crippen LogP contribution in [0.5, 0.6) is 0 Å². The molecular formula is C14H20N2O2S. The van der Waals surface area contributed by atoms with E-state index in [2.05, 4.69) is 5.32 Å². The first-order valence-electron chi connectivity index (χ1n) is 6.44. The van der Waals surface area contributed by atoms with E-state index in [4.69, 9.17) is 4.74 Å². The Morgan fingerprint density at radius 1 is 1.32 bits per heavy atom. The van der Waals surface area contributed by atoms with Crippen molar-refractivity contribution in [1.29, 1.82) is 0 Å². The van der Waals surface area contributed by atoms with Crippen molar-refractivity contribution in [2.24, 2.45) is 0 Å². The standard InChI is InChI=1S/C14H20N2O2S/c1-10-8-16(9-11(2)18-10)14(17)15-12-6-4-5-7-13(12)19-3/h4-7,10-11H,8-9H2,1-3H3,(H,15,17). The van der Waals surface area contributed by atoms with Crippen LogP contribution in [0.4, 0.5) is 10.5 Å². The number of nitrogens with zero attached hydrogens (tertiary/aromatic N) is 1. The molecule has 0 aliphatic carbocycles. The number of carbonyl (C=O) groups excluding carboxylic acids is 1. The molecule has 19 heavy (non-hydrogen) atoms. The molecule has 1 heterocycles. The Morgan fingerprint density at radius 2 is 1.95 bits per heavy atom. The van der Waals surface area contributed by atoms with Crippen LogP contribution < -0.4 is 5.32 Å². The molecule has 1 aromatic rings. The van der Waals surface area contributed by atoms with Crippen molar-refractivity contribution in [1.82, 2.24) is 4.90 Å². The maximum absolute atomic E-state index is 12.3. The number of hydrogen-bond donors (Lipinski definition) is 1. The van der Waals surface area contributed by atoms with Crippen molar-refractivity contribution in [3.8, 4) is 0 Å². The average Bonchev–Trinajstić information content (AvgIpc) is 2.38. The average molecular weight is 280 g/mol. The molecule has 0 aromatic heterocycles. The Kier molecular flexibility index (Phi) is 4.71. The van der Waals surface area contributed by atoms with Gasteiger partial charge in [0.2, 0.25) is 0 Å². The van der Waals surface area contributed by atoms with Crippen LogP contribution in [0.1, 0.15) is 13.8 Å². The first-order valence-corrected chi connectivity index (χ1v) is 7.67. The molecule has 2 amide bonds. The van der Waals surface area contributed by atoms with Gasteiger partial charge in [0.15, 0.2) is 0 Å². The third-order valence-electron chi connectivity index (χ3n) is 3.06. The molecule has 1 N–H and O–H groups in total. The topological polar surface area (TPSA) is 41.6 Å². The van der Waals surface area contributed by atoms with Gasteiger partial charge >= 0.3 is 6.03 Å². The van der Waals surface area contributed by atoms with Crippen molar-refractivity contribution in [2.75, 3.05) is 24.7 Å². The predicted molar refractivity (Wildman–Crippen MR) is 78.8 cm³/mol. The van der Waals surface area contributed by atoms with Gasteiger partial charge in [-0.25, -0.2) is 4.79 Å². The number of hydrogen-bond acceptors (Lipinski definition) is 3. The molecule has 1 fully saturated rings. The van der Waals surface area contributed by atoms with Gasteiger partial charge in [-0.1, -0.05) is 12.1 Å². The number of amides is 2.